The van der Waals surface area contributed by atoms with Gasteiger partial charge in [-0.2, -0.15) is 4.98 Å². The van der Waals surface area contributed by atoms with Crippen LogP contribution in [0.4, 0.5) is 0 Å². The smallest absolute Gasteiger partial charge is 0.327 e. The molecule has 0 aliphatic rings. The number of nitrogens with zero attached hydrogens (tertiary/aromatic N) is 3. The highest BCUT2D eigenvalue weighted by Gasteiger charge is 2.11. The summed E-state index contributed by atoms with van der Waals surface area (Å²) in [6.07, 6.45) is 0. The Balaban J connectivity index is 2.03. The summed E-state index contributed by atoms with van der Waals surface area (Å²) in [5.41, 5.74) is 1.91. The van der Waals surface area contributed by atoms with Gasteiger partial charge in [-0.25, -0.2) is 8.95 Å². The molecule has 7 heteroatoms. The topological polar surface area (TPSA) is 65.7 Å². The van der Waals surface area contributed by atoms with Crippen molar-refractivity contribution in [3.63, 3.8) is 0 Å². The molecule has 26 heavy (non-hydrogen) atoms. The second kappa shape index (κ2) is 8.44. The fourth-order valence-electron chi connectivity index (χ4n) is 2.35. The maximum atomic E-state index is 11.6. The molecular formula is C19H19N3O3S. The van der Waals surface area contributed by atoms with Gasteiger partial charge in [-0.3, -0.25) is 4.79 Å². The van der Waals surface area contributed by atoms with Crippen LogP contribution in [0.5, 0.6) is 5.75 Å². The predicted molar refractivity (Wildman–Crippen MR) is 100 cm³/mol. The molecule has 0 aliphatic heterocycles. The molecule has 134 valence electrons. The van der Waals surface area contributed by atoms with Crippen molar-refractivity contribution in [2.45, 2.75) is 6.92 Å². The highest BCUT2D eigenvalue weighted by atomic mass is 32.1. The van der Waals surface area contributed by atoms with Crippen LogP contribution in [0.3, 0.4) is 0 Å². The molecule has 0 bridgehead atoms. The molecule has 1 aromatic heterocycles. The fraction of sp³-hybridized carbons (Fsp3) is 0.211. The summed E-state index contributed by atoms with van der Waals surface area (Å²) in [6, 6.07) is 17.6. The molecule has 0 atom stereocenters. The van der Waals surface area contributed by atoms with E-state index >= 15 is 0 Å². The highest BCUT2D eigenvalue weighted by Crippen LogP contribution is 2.23. The molecule has 0 saturated heterocycles. The van der Waals surface area contributed by atoms with E-state index in [0.717, 1.165) is 22.8 Å². The summed E-state index contributed by atoms with van der Waals surface area (Å²) in [4.78, 5) is 21.0. The lowest BCUT2D eigenvalue weighted by molar-refractivity contribution is -0.141. The summed E-state index contributed by atoms with van der Waals surface area (Å²) >= 11 is 1.37. The molecule has 6 nitrogen and oxygen atoms in total. The summed E-state index contributed by atoms with van der Waals surface area (Å²) < 4.78 is 12.1. The first-order chi connectivity index (χ1) is 12.7. The van der Waals surface area contributed by atoms with Crippen LogP contribution in [0.25, 0.3) is 17.1 Å². The van der Waals surface area contributed by atoms with Crippen LogP contribution in [0, 0.1) is 0 Å². The number of aromatic nitrogens is 2. The molecule has 0 amide bonds. The summed E-state index contributed by atoms with van der Waals surface area (Å²) in [5.74, 6) is 1.19. The molecule has 0 aliphatic carbocycles. The normalized spacial score (nSPS) is 11.4. The van der Waals surface area contributed by atoms with Gasteiger partial charge < -0.3 is 9.47 Å². The van der Waals surface area contributed by atoms with E-state index in [0.29, 0.717) is 11.4 Å². The Morgan fingerprint density at radius 3 is 2.54 bits per heavy atom. The number of carbonyl (C=O) groups excluding carboxylic acids is 1. The van der Waals surface area contributed by atoms with Crippen LogP contribution in [0.1, 0.15) is 6.92 Å². The fourth-order valence-corrected chi connectivity index (χ4v) is 3.22. The lowest BCUT2D eigenvalue weighted by Crippen LogP contribution is -2.11. The Kier molecular flexibility index (Phi) is 5.80. The number of rotatable bonds is 6. The van der Waals surface area contributed by atoms with E-state index in [4.69, 9.17) is 9.47 Å². The summed E-state index contributed by atoms with van der Waals surface area (Å²) in [5, 5.41) is 0. The molecule has 0 unspecified atom stereocenters. The number of hydrogen-bond donors (Lipinski definition) is 0. The zero-order valence-corrected chi connectivity index (χ0v) is 15.4. The van der Waals surface area contributed by atoms with Crippen LogP contribution in [-0.4, -0.2) is 35.2 Å². The van der Waals surface area contributed by atoms with Gasteiger partial charge in [0.1, 0.15) is 12.3 Å². The number of methoxy groups -OCH3 is 1. The molecule has 0 N–H and O–H groups in total. The maximum absolute atomic E-state index is 11.6. The molecule has 3 aromatic rings. The van der Waals surface area contributed by atoms with Crippen LogP contribution < -0.4 is 9.54 Å². The second-order valence-electron chi connectivity index (χ2n) is 5.29. The lowest BCUT2D eigenvalue weighted by atomic mass is 10.2. The first-order valence-corrected chi connectivity index (χ1v) is 8.95. The van der Waals surface area contributed by atoms with Crippen molar-refractivity contribution < 1.29 is 14.3 Å². The minimum atomic E-state index is -0.361. The van der Waals surface area contributed by atoms with Gasteiger partial charge in [0.2, 0.25) is 4.80 Å². The van der Waals surface area contributed by atoms with E-state index in [1.807, 2.05) is 58.6 Å². The highest BCUT2D eigenvalue weighted by molar-refractivity contribution is 7.04. The van der Waals surface area contributed by atoms with Crippen molar-refractivity contribution in [3.05, 3.63) is 59.4 Å². The van der Waals surface area contributed by atoms with Crippen molar-refractivity contribution in [2.75, 3.05) is 20.3 Å². The molecule has 0 spiro atoms. The third-order valence-electron chi connectivity index (χ3n) is 3.55. The minimum absolute atomic E-state index is 0.0435. The third kappa shape index (κ3) is 4.18. The van der Waals surface area contributed by atoms with E-state index in [2.05, 4.69) is 9.98 Å². The predicted octanol–water partition coefficient (Wildman–Crippen LogP) is 3.07. The standard InChI is InChI=1S/C19H19N3O3S/c1-3-25-17(23)13-20-19-21-18(14-7-5-4-6-8-14)22(26-19)15-9-11-16(24-2)12-10-15/h4-12H,3,13H2,1-2H3/b20-19+. The number of hydrogen-bond acceptors (Lipinski definition) is 6. The van der Waals surface area contributed by atoms with Crippen molar-refractivity contribution >= 4 is 17.5 Å². The molecule has 0 saturated carbocycles. The minimum Gasteiger partial charge on any atom is -0.497 e. The van der Waals surface area contributed by atoms with Gasteiger partial charge in [0.05, 0.1) is 19.4 Å². The first kappa shape index (κ1) is 17.9. The summed E-state index contributed by atoms with van der Waals surface area (Å²) in [7, 11) is 1.64. The van der Waals surface area contributed by atoms with Crippen molar-refractivity contribution in [1.82, 2.24) is 8.94 Å². The Bertz CT molecular complexity index is 931. The van der Waals surface area contributed by atoms with Gasteiger partial charge in [-0.15, -0.1) is 0 Å². The summed E-state index contributed by atoms with van der Waals surface area (Å²) in [6.45, 7) is 2.07. The molecular weight excluding hydrogens is 350 g/mol. The van der Waals surface area contributed by atoms with Gasteiger partial charge in [0.25, 0.3) is 0 Å². The maximum Gasteiger partial charge on any atom is 0.327 e. The zero-order chi connectivity index (χ0) is 18.4. The molecule has 3 rings (SSSR count). The number of esters is 1. The number of carbonyl (C=O) groups is 1. The Morgan fingerprint density at radius 1 is 1.15 bits per heavy atom. The van der Waals surface area contributed by atoms with Gasteiger partial charge in [0.15, 0.2) is 5.82 Å². The van der Waals surface area contributed by atoms with Crippen molar-refractivity contribution in [3.8, 4) is 22.8 Å². The Morgan fingerprint density at radius 2 is 1.88 bits per heavy atom. The second-order valence-corrected chi connectivity index (χ2v) is 6.20. The first-order valence-electron chi connectivity index (χ1n) is 8.17. The van der Waals surface area contributed by atoms with Crippen LogP contribution in [0.2, 0.25) is 0 Å². The molecule has 2 aromatic carbocycles. The average molecular weight is 369 g/mol. The Hall–Kier alpha value is -2.93. The van der Waals surface area contributed by atoms with Gasteiger partial charge in [-0.1, -0.05) is 30.3 Å². The molecule has 0 radical (unpaired) electrons. The van der Waals surface area contributed by atoms with E-state index < -0.39 is 0 Å². The van der Waals surface area contributed by atoms with Crippen molar-refractivity contribution in [2.24, 2.45) is 4.99 Å². The molecule has 1 heterocycles. The largest absolute Gasteiger partial charge is 0.497 e. The average Bonchev–Trinajstić information content (AvgIpc) is 3.12. The van der Waals surface area contributed by atoms with Gasteiger partial charge in [0, 0.05) is 5.56 Å². The monoisotopic (exact) mass is 369 g/mol. The number of ether oxygens (including phenoxy) is 2. The van der Waals surface area contributed by atoms with Crippen LogP contribution in [-0.2, 0) is 9.53 Å². The number of benzene rings is 2. The van der Waals surface area contributed by atoms with E-state index in [1.54, 1.807) is 14.0 Å². The van der Waals surface area contributed by atoms with Crippen molar-refractivity contribution in [1.29, 1.82) is 0 Å². The quantitative estimate of drug-likeness (QED) is 0.627. The Labute approximate surface area is 155 Å². The van der Waals surface area contributed by atoms with E-state index in [-0.39, 0.29) is 12.5 Å². The lowest BCUT2D eigenvalue weighted by Gasteiger charge is -2.07. The van der Waals surface area contributed by atoms with Gasteiger partial charge in [-0.05, 0) is 42.7 Å². The SMILES string of the molecule is CCOC(=O)C/N=c1\nc(-c2ccccc2)n(-c2ccc(OC)cc2)s1. The van der Waals surface area contributed by atoms with E-state index in [1.165, 1.54) is 11.5 Å². The van der Waals surface area contributed by atoms with Gasteiger partial charge >= 0.3 is 5.97 Å². The van der Waals surface area contributed by atoms with E-state index in [9.17, 15) is 4.79 Å². The zero-order valence-electron chi connectivity index (χ0n) is 14.6. The molecule has 0 fully saturated rings. The van der Waals surface area contributed by atoms with Crippen LogP contribution >= 0.6 is 11.5 Å². The van der Waals surface area contributed by atoms with Crippen LogP contribution in [0.15, 0.2) is 59.6 Å². The third-order valence-corrected chi connectivity index (χ3v) is 4.50.